The van der Waals surface area contributed by atoms with Crippen LogP contribution in [0, 0.1) is 6.92 Å². The van der Waals surface area contributed by atoms with Crippen LogP contribution in [-0.4, -0.2) is 17.4 Å². The Bertz CT molecular complexity index is 650. The second-order valence-electron chi connectivity index (χ2n) is 5.36. The molecule has 1 aromatic heterocycles. The van der Waals surface area contributed by atoms with Crippen LogP contribution in [0.15, 0.2) is 36.5 Å². The van der Waals surface area contributed by atoms with Gasteiger partial charge in [-0.3, -0.25) is 9.78 Å². The minimum absolute atomic E-state index is 0.00525. The van der Waals surface area contributed by atoms with E-state index in [1.807, 2.05) is 31.2 Å². The summed E-state index contributed by atoms with van der Waals surface area (Å²) >= 11 is 0. The molecule has 4 heteroatoms. The van der Waals surface area contributed by atoms with Gasteiger partial charge in [-0.2, -0.15) is 0 Å². The average molecular weight is 281 g/mol. The van der Waals surface area contributed by atoms with E-state index in [0.29, 0.717) is 6.54 Å². The van der Waals surface area contributed by atoms with E-state index in [0.717, 1.165) is 36.3 Å². The molecule has 21 heavy (non-hydrogen) atoms. The molecule has 0 fully saturated rings. The van der Waals surface area contributed by atoms with Crippen molar-refractivity contribution in [2.75, 3.05) is 6.54 Å². The average Bonchev–Trinajstić information content (AvgIpc) is 2.53. The molecule has 1 aromatic carbocycles. The molecule has 4 nitrogen and oxygen atoms in total. The van der Waals surface area contributed by atoms with Gasteiger partial charge in [-0.25, -0.2) is 0 Å². The highest BCUT2D eigenvalue weighted by atomic mass is 16.1. The van der Waals surface area contributed by atoms with Crippen molar-refractivity contribution in [2.24, 2.45) is 0 Å². The van der Waals surface area contributed by atoms with E-state index in [2.05, 4.69) is 21.7 Å². The summed E-state index contributed by atoms with van der Waals surface area (Å²) in [6.07, 6.45) is 2.71. The topological polar surface area (TPSA) is 54.0 Å². The van der Waals surface area contributed by atoms with E-state index in [-0.39, 0.29) is 5.91 Å². The van der Waals surface area contributed by atoms with Crippen molar-refractivity contribution in [2.45, 2.75) is 26.4 Å². The summed E-state index contributed by atoms with van der Waals surface area (Å²) in [5.74, 6) is -0.00525. The van der Waals surface area contributed by atoms with Crippen LogP contribution in [0.5, 0.6) is 0 Å². The number of pyridine rings is 1. The summed E-state index contributed by atoms with van der Waals surface area (Å²) in [6.45, 7) is 4.23. The molecule has 0 unspecified atom stereocenters. The van der Waals surface area contributed by atoms with Gasteiger partial charge in [-0.1, -0.05) is 18.2 Å². The Kier molecular flexibility index (Phi) is 3.97. The first kappa shape index (κ1) is 13.8. The number of nitrogens with one attached hydrogen (secondary N) is 2. The number of hydrogen-bond acceptors (Lipinski definition) is 3. The van der Waals surface area contributed by atoms with Gasteiger partial charge in [-0.15, -0.1) is 0 Å². The van der Waals surface area contributed by atoms with Crippen LogP contribution in [-0.2, 0) is 19.5 Å². The Morgan fingerprint density at radius 3 is 3.05 bits per heavy atom. The third kappa shape index (κ3) is 3.11. The molecular weight excluding hydrogens is 262 g/mol. The number of rotatable bonds is 3. The van der Waals surface area contributed by atoms with Crippen molar-refractivity contribution in [3.8, 4) is 0 Å². The number of aryl methyl sites for hydroxylation is 1. The van der Waals surface area contributed by atoms with Gasteiger partial charge in [0, 0.05) is 30.5 Å². The van der Waals surface area contributed by atoms with Crippen molar-refractivity contribution in [3.63, 3.8) is 0 Å². The van der Waals surface area contributed by atoms with Crippen molar-refractivity contribution < 1.29 is 4.79 Å². The Balaban J connectivity index is 1.72. The molecule has 0 atom stereocenters. The summed E-state index contributed by atoms with van der Waals surface area (Å²) in [5, 5.41) is 6.32. The highest BCUT2D eigenvalue weighted by Gasteiger charge is 2.16. The van der Waals surface area contributed by atoms with Crippen molar-refractivity contribution in [3.05, 3.63) is 64.5 Å². The fourth-order valence-corrected chi connectivity index (χ4v) is 2.63. The lowest BCUT2D eigenvalue weighted by Gasteiger charge is -2.20. The zero-order chi connectivity index (χ0) is 14.7. The molecule has 2 heterocycles. The predicted octanol–water partition coefficient (Wildman–Crippen LogP) is 1.97. The smallest absolute Gasteiger partial charge is 0.251 e. The number of fused-ring (bicyclic) bond motifs is 1. The first-order valence-corrected chi connectivity index (χ1v) is 7.25. The van der Waals surface area contributed by atoms with E-state index in [4.69, 9.17) is 0 Å². The van der Waals surface area contributed by atoms with Crippen LogP contribution >= 0.6 is 0 Å². The molecule has 3 rings (SSSR count). The molecular formula is C17H19N3O. The third-order valence-corrected chi connectivity index (χ3v) is 3.81. The normalized spacial score (nSPS) is 13.6. The highest BCUT2D eigenvalue weighted by molar-refractivity contribution is 5.96. The molecule has 0 bridgehead atoms. The van der Waals surface area contributed by atoms with Gasteiger partial charge in [-0.05, 0) is 48.7 Å². The van der Waals surface area contributed by atoms with Gasteiger partial charge in [0.2, 0.25) is 0 Å². The molecule has 0 saturated carbocycles. The van der Waals surface area contributed by atoms with Gasteiger partial charge in [0.15, 0.2) is 0 Å². The monoisotopic (exact) mass is 281 g/mol. The fraction of sp³-hybridized carbons (Fsp3) is 0.294. The molecule has 0 radical (unpaired) electrons. The molecule has 1 aliphatic heterocycles. The Morgan fingerprint density at radius 2 is 2.24 bits per heavy atom. The van der Waals surface area contributed by atoms with E-state index in [9.17, 15) is 4.79 Å². The molecule has 0 aliphatic carbocycles. The Hall–Kier alpha value is -2.20. The zero-order valence-corrected chi connectivity index (χ0v) is 12.1. The van der Waals surface area contributed by atoms with Crippen LogP contribution in [0.2, 0.25) is 0 Å². The lowest BCUT2D eigenvalue weighted by atomic mass is 9.95. The lowest BCUT2D eigenvalue weighted by molar-refractivity contribution is 0.0949. The number of aromatic nitrogens is 1. The zero-order valence-electron chi connectivity index (χ0n) is 12.1. The maximum absolute atomic E-state index is 12.4. The van der Waals surface area contributed by atoms with Gasteiger partial charge >= 0.3 is 0 Å². The second-order valence-corrected chi connectivity index (χ2v) is 5.36. The van der Waals surface area contributed by atoms with Gasteiger partial charge in [0.25, 0.3) is 5.91 Å². The SMILES string of the molecule is Cc1ccc(CNC(=O)c2cccc3c2CCNC3)cn1. The molecule has 2 aromatic rings. The second kappa shape index (κ2) is 6.06. The van der Waals surface area contributed by atoms with E-state index < -0.39 is 0 Å². The summed E-state index contributed by atoms with van der Waals surface area (Å²) < 4.78 is 0. The van der Waals surface area contributed by atoms with E-state index >= 15 is 0 Å². The summed E-state index contributed by atoms with van der Waals surface area (Å²) in [5.41, 5.74) is 5.20. The molecule has 1 amide bonds. The molecule has 0 saturated heterocycles. The maximum Gasteiger partial charge on any atom is 0.251 e. The van der Waals surface area contributed by atoms with Gasteiger partial charge < -0.3 is 10.6 Å². The number of carbonyl (C=O) groups excluding carboxylic acids is 1. The number of benzene rings is 1. The first-order valence-electron chi connectivity index (χ1n) is 7.25. The Morgan fingerprint density at radius 1 is 1.33 bits per heavy atom. The fourth-order valence-electron chi connectivity index (χ4n) is 2.63. The predicted molar refractivity (Wildman–Crippen MR) is 82.0 cm³/mol. The van der Waals surface area contributed by atoms with Crippen LogP contribution in [0.3, 0.4) is 0 Å². The molecule has 108 valence electrons. The van der Waals surface area contributed by atoms with E-state index in [1.54, 1.807) is 6.20 Å². The van der Waals surface area contributed by atoms with Crippen LogP contribution in [0.1, 0.15) is 32.7 Å². The van der Waals surface area contributed by atoms with Crippen LogP contribution in [0.25, 0.3) is 0 Å². The standard InChI is InChI=1S/C17H19N3O/c1-12-5-6-13(9-19-12)10-20-17(21)16-4-2-3-14-11-18-8-7-15(14)16/h2-6,9,18H,7-8,10-11H2,1H3,(H,20,21). The summed E-state index contributed by atoms with van der Waals surface area (Å²) in [7, 11) is 0. The van der Waals surface area contributed by atoms with Crippen molar-refractivity contribution in [1.29, 1.82) is 0 Å². The maximum atomic E-state index is 12.4. The number of nitrogens with zero attached hydrogens (tertiary/aromatic N) is 1. The van der Waals surface area contributed by atoms with Crippen molar-refractivity contribution in [1.82, 2.24) is 15.6 Å². The minimum Gasteiger partial charge on any atom is -0.348 e. The van der Waals surface area contributed by atoms with Crippen LogP contribution < -0.4 is 10.6 Å². The van der Waals surface area contributed by atoms with Gasteiger partial charge in [0.1, 0.15) is 0 Å². The van der Waals surface area contributed by atoms with Crippen LogP contribution in [0.4, 0.5) is 0 Å². The Labute approximate surface area is 124 Å². The highest BCUT2D eigenvalue weighted by Crippen LogP contribution is 2.18. The molecule has 1 aliphatic rings. The number of hydrogen-bond donors (Lipinski definition) is 2. The minimum atomic E-state index is -0.00525. The molecule has 2 N–H and O–H groups in total. The number of amides is 1. The first-order chi connectivity index (χ1) is 10.2. The van der Waals surface area contributed by atoms with Gasteiger partial charge in [0.05, 0.1) is 0 Å². The summed E-state index contributed by atoms with van der Waals surface area (Å²) in [4.78, 5) is 16.6. The lowest BCUT2D eigenvalue weighted by Crippen LogP contribution is -2.29. The summed E-state index contributed by atoms with van der Waals surface area (Å²) in [6, 6.07) is 9.90. The molecule has 0 spiro atoms. The van der Waals surface area contributed by atoms with E-state index in [1.165, 1.54) is 11.1 Å². The van der Waals surface area contributed by atoms with Crippen molar-refractivity contribution >= 4 is 5.91 Å². The number of carbonyl (C=O) groups is 1. The quantitative estimate of drug-likeness (QED) is 0.904. The third-order valence-electron chi connectivity index (χ3n) is 3.81. The largest absolute Gasteiger partial charge is 0.348 e.